The van der Waals surface area contributed by atoms with Crippen molar-refractivity contribution in [2.45, 2.75) is 20.3 Å². The summed E-state index contributed by atoms with van der Waals surface area (Å²) in [6, 6.07) is 18.5. The van der Waals surface area contributed by atoms with Crippen molar-refractivity contribution in [3.8, 4) is 0 Å². The number of rotatable bonds is 3. The lowest BCUT2D eigenvalue weighted by Gasteiger charge is -2.35. The van der Waals surface area contributed by atoms with Gasteiger partial charge in [-0.15, -0.1) is 0 Å². The molecule has 138 valence electrons. The smallest absolute Gasteiger partial charge is 0.227 e. The van der Waals surface area contributed by atoms with E-state index in [0.29, 0.717) is 6.42 Å². The number of carbonyl (C=O) groups excluding carboxylic acids is 1. The topological polar surface area (TPSA) is 36.4 Å². The highest BCUT2D eigenvalue weighted by atomic mass is 16.2. The van der Waals surface area contributed by atoms with Crippen LogP contribution in [0.15, 0.2) is 54.6 Å². The van der Waals surface area contributed by atoms with E-state index in [2.05, 4.69) is 43.0 Å². The summed E-state index contributed by atoms with van der Waals surface area (Å²) < 4.78 is 0. The highest BCUT2D eigenvalue weighted by Crippen LogP contribution is 2.25. The number of para-hydroxylation sites is 1. The maximum atomic E-state index is 12.6. The highest BCUT2D eigenvalue weighted by Gasteiger charge is 2.22. The van der Waals surface area contributed by atoms with Gasteiger partial charge < -0.3 is 9.80 Å². The van der Waals surface area contributed by atoms with Gasteiger partial charge in [0.2, 0.25) is 5.91 Å². The Hall–Kier alpha value is -2.88. The number of carbonyl (C=O) groups is 1. The van der Waals surface area contributed by atoms with Crippen molar-refractivity contribution in [2.24, 2.45) is 0 Å². The summed E-state index contributed by atoms with van der Waals surface area (Å²) in [5.74, 6) is 1.23. The first-order chi connectivity index (χ1) is 13.1. The number of aryl methyl sites for hydroxylation is 2. The second kappa shape index (κ2) is 7.39. The Bertz CT molecular complexity index is 960. The van der Waals surface area contributed by atoms with Crippen LogP contribution in [-0.4, -0.2) is 42.0 Å². The Kier molecular flexibility index (Phi) is 4.80. The molecule has 27 heavy (non-hydrogen) atoms. The van der Waals surface area contributed by atoms with Crippen LogP contribution in [0.25, 0.3) is 10.9 Å². The fraction of sp³-hybridized carbons (Fsp3) is 0.304. The van der Waals surface area contributed by atoms with Crippen LogP contribution in [0, 0.1) is 13.8 Å². The Balaban J connectivity index is 1.45. The zero-order valence-corrected chi connectivity index (χ0v) is 16.0. The van der Waals surface area contributed by atoms with E-state index in [1.165, 1.54) is 16.5 Å². The Morgan fingerprint density at radius 1 is 0.926 bits per heavy atom. The van der Waals surface area contributed by atoms with Gasteiger partial charge in [-0.25, -0.2) is 4.98 Å². The summed E-state index contributed by atoms with van der Waals surface area (Å²) in [7, 11) is 0. The molecule has 1 fully saturated rings. The molecule has 1 amide bonds. The van der Waals surface area contributed by atoms with Gasteiger partial charge in [0, 0.05) is 31.6 Å². The van der Waals surface area contributed by atoms with Gasteiger partial charge in [-0.05, 0) is 36.6 Å². The largest absolute Gasteiger partial charge is 0.353 e. The van der Waals surface area contributed by atoms with Crippen LogP contribution < -0.4 is 4.90 Å². The summed E-state index contributed by atoms with van der Waals surface area (Å²) in [4.78, 5) is 21.8. The van der Waals surface area contributed by atoms with E-state index >= 15 is 0 Å². The van der Waals surface area contributed by atoms with Crippen LogP contribution in [0.2, 0.25) is 0 Å². The lowest BCUT2D eigenvalue weighted by Crippen LogP contribution is -2.49. The predicted octanol–water partition coefficient (Wildman–Crippen LogP) is 3.74. The number of benzene rings is 2. The molecule has 0 saturated carbocycles. The molecule has 0 aliphatic carbocycles. The predicted molar refractivity (Wildman–Crippen MR) is 110 cm³/mol. The van der Waals surface area contributed by atoms with Crippen molar-refractivity contribution in [3.63, 3.8) is 0 Å². The summed E-state index contributed by atoms with van der Waals surface area (Å²) in [5, 5.41) is 1.22. The minimum atomic E-state index is 0.208. The second-order valence-corrected chi connectivity index (χ2v) is 7.30. The summed E-state index contributed by atoms with van der Waals surface area (Å²) in [5.41, 5.74) is 4.61. The molecule has 1 aliphatic rings. The zero-order chi connectivity index (χ0) is 18.8. The first kappa shape index (κ1) is 17.5. The normalized spacial score (nSPS) is 14.6. The molecule has 4 nitrogen and oxygen atoms in total. The molecule has 0 N–H and O–H groups in total. The van der Waals surface area contributed by atoms with Crippen molar-refractivity contribution in [1.82, 2.24) is 9.88 Å². The van der Waals surface area contributed by atoms with Gasteiger partial charge in [-0.2, -0.15) is 0 Å². The van der Waals surface area contributed by atoms with Gasteiger partial charge in [0.05, 0.1) is 11.9 Å². The van der Waals surface area contributed by atoms with E-state index in [1.807, 2.05) is 35.2 Å². The van der Waals surface area contributed by atoms with Crippen molar-refractivity contribution >= 4 is 22.6 Å². The Morgan fingerprint density at radius 3 is 2.41 bits per heavy atom. The van der Waals surface area contributed by atoms with E-state index in [9.17, 15) is 4.79 Å². The first-order valence-electron chi connectivity index (χ1n) is 9.55. The number of fused-ring (bicyclic) bond motifs is 1. The Morgan fingerprint density at radius 2 is 1.67 bits per heavy atom. The average Bonchev–Trinajstić information content (AvgIpc) is 2.69. The standard InChI is InChI=1S/C23H25N3O/c1-17-7-6-10-20-18(2)15-21(24-23(17)20)25-11-13-26(14-12-25)22(27)16-19-8-4-3-5-9-19/h3-10,15H,11-14,16H2,1-2H3. The maximum Gasteiger partial charge on any atom is 0.227 e. The second-order valence-electron chi connectivity index (χ2n) is 7.30. The minimum absolute atomic E-state index is 0.208. The number of anilines is 1. The number of amides is 1. The highest BCUT2D eigenvalue weighted by molar-refractivity contribution is 5.86. The third-order valence-electron chi connectivity index (χ3n) is 5.39. The van der Waals surface area contributed by atoms with Gasteiger partial charge >= 0.3 is 0 Å². The minimum Gasteiger partial charge on any atom is -0.353 e. The molecular weight excluding hydrogens is 334 g/mol. The number of aromatic nitrogens is 1. The van der Waals surface area contributed by atoms with Gasteiger partial charge in [0.25, 0.3) is 0 Å². The van der Waals surface area contributed by atoms with E-state index in [-0.39, 0.29) is 5.91 Å². The molecule has 2 aromatic carbocycles. The van der Waals surface area contributed by atoms with Crippen LogP contribution in [0.5, 0.6) is 0 Å². The number of piperazine rings is 1. The molecule has 0 atom stereocenters. The SMILES string of the molecule is Cc1cc(N2CCN(C(=O)Cc3ccccc3)CC2)nc2c(C)cccc12. The zero-order valence-electron chi connectivity index (χ0n) is 16.0. The van der Waals surface area contributed by atoms with Crippen LogP contribution >= 0.6 is 0 Å². The molecule has 0 radical (unpaired) electrons. The van der Waals surface area contributed by atoms with Gasteiger partial charge in [-0.1, -0.05) is 48.5 Å². The van der Waals surface area contributed by atoms with Crippen LogP contribution in [-0.2, 0) is 11.2 Å². The van der Waals surface area contributed by atoms with E-state index in [4.69, 9.17) is 4.98 Å². The van der Waals surface area contributed by atoms with Crippen molar-refractivity contribution < 1.29 is 4.79 Å². The lowest BCUT2D eigenvalue weighted by molar-refractivity contribution is -0.130. The fourth-order valence-electron chi connectivity index (χ4n) is 3.77. The summed E-state index contributed by atoms with van der Waals surface area (Å²) >= 11 is 0. The molecule has 1 aromatic heterocycles. The molecule has 4 rings (SSSR count). The maximum absolute atomic E-state index is 12.6. The van der Waals surface area contributed by atoms with Crippen LogP contribution in [0.1, 0.15) is 16.7 Å². The average molecular weight is 359 g/mol. The van der Waals surface area contributed by atoms with E-state index < -0.39 is 0 Å². The molecule has 2 heterocycles. The fourth-order valence-corrected chi connectivity index (χ4v) is 3.77. The lowest BCUT2D eigenvalue weighted by atomic mass is 10.1. The summed E-state index contributed by atoms with van der Waals surface area (Å²) in [6.07, 6.45) is 0.480. The third kappa shape index (κ3) is 3.65. The summed E-state index contributed by atoms with van der Waals surface area (Å²) in [6.45, 7) is 7.40. The molecule has 3 aromatic rings. The van der Waals surface area contributed by atoms with E-state index in [1.54, 1.807) is 0 Å². The van der Waals surface area contributed by atoms with Gasteiger partial charge in [-0.3, -0.25) is 4.79 Å². The quantitative estimate of drug-likeness (QED) is 0.715. The van der Waals surface area contributed by atoms with Crippen molar-refractivity contribution in [3.05, 3.63) is 71.3 Å². The molecule has 0 unspecified atom stereocenters. The molecule has 0 bridgehead atoms. The molecule has 4 heteroatoms. The number of hydrogen-bond donors (Lipinski definition) is 0. The molecule has 1 aliphatic heterocycles. The van der Waals surface area contributed by atoms with E-state index in [0.717, 1.165) is 43.1 Å². The molecular formula is C23H25N3O. The van der Waals surface area contributed by atoms with Gasteiger partial charge in [0.1, 0.15) is 5.82 Å². The number of pyridine rings is 1. The number of nitrogens with zero attached hydrogens (tertiary/aromatic N) is 3. The van der Waals surface area contributed by atoms with Gasteiger partial charge in [0.15, 0.2) is 0 Å². The molecule has 1 saturated heterocycles. The molecule has 0 spiro atoms. The van der Waals surface area contributed by atoms with Crippen molar-refractivity contribution in [2.75, 3.05) is 31.1 Å². The van der Waals surface area contributed by atoms with Crippen LogP contribution in [0.3, 0.4) is 0 Å². The van der Waals surface area contributed by atoms with Crippen LogP contribution in [0.4, 0.5) is 5.82 Å². The number of hydrogen-bond acceptors (Lipinski definition) is 3. The van der Waals surface area contributed by atoms with Crippen molar-refractivity contribution in [1.29, 1.82) is 0 Å². The first-order valence-corrected chi connectivity index (χ1v) is 9.55. The third-order valence-corrected chi connectivity index (χ3v) is 5.39. The Labute approximate surface area is 160 Å². The monoisotopic (exact) mass is 359 g/mol.